The van der Waals surface area contributed by atoms with Crippen LogP contribution >= 0.6 is 11.6 Å². The van der Waals surface area contributed by atoms with E-state index in [1.54, 1.807) is 7.05 Å². The molecule has 1 saturated heterocycles. The van der Waals surface area contributed by atoms with Crippen molar-refractivity contribution in [2.24, 2.45) is 17.3 Å². The predicted octanol–water partition coefficient (Wildman–Crippen LogP) is 1.89. The molecule has 0 spiro atoms. The maximum absolute atomic E-state index is 13.2. The van der Waals surface area contributed by atoms with E-state index < -0.39 is 0 Å². The quantitative estimate of drug-likeness (QED) is 0.746. The summed E-state index contributed by atoms with van der Waals surface area (Å²) in [6, 6.07) is 0.243. The van der Waals surface area contributed by atoms with Crippen LogP contribution in [-0.2, 0) is 9.59 Å². The Labute approximate surface area is 155 Å². The number of carbonyl (C=O) groups is 2. The molecule has 4 saturated carbocycles. The van der Waals surface area contributed by atoms with Crippen LogP contribution in [0.25, 0.3) is 0 Å². The van der Waals surface area contributed by atoms with E-state index in [1.165, 1.54) is 6.42 Å². The summed E-state index contributed by atoms with van der Waals surface area (Å²) in [7, 11) is 1.67. The molecule has 5 fully saturated rings. The van der Waals surface area contributed by atoms with Crippen LogP contribution < -0.4 is 10.6 Å². The zero-order chi connectivity index (χ0) is 17.7. The molecule has 1 aliphatic heterocycles. The van der Waals surface area contributed by atoms with Gasteiger partial charge >= 0.3 is 0 Å². The highest BCUT2D eigenvalue weighted by atomic mass is 35.5. The van der Waals surface area contributed by atoms with Crippen LogP contribution in [0.15, 0.2) is 0 Å². The van der Waals surface area contributed by atoms with Crippen LogP contribution in [0.4, 0.5) is 0 Å². The number of hydrogen-bond acceptors (Lipinski definition) is 3. The number of nitrogens with zero attached hydrogens (tertiary/aromatic N) is 1. The SMILES string of the molecule is CNC(=O)CN1CCC(NC(=O)C23C[C@H]4C[C@@H](CC(Cl)(C4)C2)C3)CC1. The lowest BCUT2D eigenvalue weighted by molar-refractivity contribution is -0.145. The minimum absolute atomic E-state index is 0.0588. The van der Waals surface area contributed by atoms with Crippen molar-refractivity contribution in [1.82, 2.24) is 15.5 Å². The molecule has 25 heavy (non-hydrogen) atoms. The highest BCUT2D eigenvalue weighted by Crippen LogP contribution is 2.63. The van der Waals surface area contributed by atoms with Crippen molar-refractivity contribution >= 4 is 23.4 Å². The topological polar surface area (TPSA) is 61.4 Å². The van der Waals surface area contributed by atoms with Crippen molar-refractivity contribution < 1.29 is 9.59 Å². The lowest BCUT2D eigenvalue weighted by Gasteiger charge is -2.59. The molecule has 6 heteroatoms. The summed E-state index contributed by atoms with van der Waals surface area (Å²) in [4.78, 5) is 26.7. The molecule has 0 aromatic heterocycles. The molecular weight excluding hydrogens is 338 g/mol. The molecule has 2 atom stereocenters. The first kappa shape index (κ1) is 17.6. The van der Waals surface area contributed by atoms with Gasteiger partial charge in [0.15, 0.2) is 0 Å². The first-order valence-electron chi connectivity index (χ1n) is 9.83. The molecule has 0 unspecified atom stereocenters. The maximum Gasteiger partial charge on any atom is 0.233 e. The largest absolute Gasteiger partial charge is 0.358 e. The summed E-state index contributed by atoms with van der Waals surface area (Å²) in [5.74, 6) is 1.62. The van der Waals surface area contributed by atoms with E-state index in [4.69, 9.17) is 11.6 Å². The lowest BCUT2D eigenvalue weighted by atomic mass is 9.49. The number of carbonyl (C=O) groups excluding carboxylic acids is 2. The average Bonchev–Trinajstić information content (AvgIpc) is 2.54. The Morgan fingerprint density at radius 1 is 1.12 bits per heavy atom. The van der Waals surface area contributed by atoms with E-state index in [0.29, 0.717) is 18.4 Å². The van der Waals surface area contributed by atoms with E-state index >= 15 is 0 Å². The Bertz CT molecular complexity index is 545. The van der Waals surface area contributed by atoms with E-state index in [0.717, 1.165) is 58.0 Å². The number of likely N-dealkylation sites (tertiary alicyclic amines) is 1. The second-order valence-corrected chi connectivity index (χ2v) is 9.89. The van der Waals surface area contributed by atoms with E-state index in [1.807, 2.05) is 0 Å². The number of rotatable bonds is 4. The van der Waals surface area contributed by atoms with Crippen LogP contribution in [0.2, 0.25) is 0 Å². The Morgan fingerprint density at radius 2 is 1.76 bits per heavy atom. The van der Waals surface area contributed by atoms with Crippen molar-refractivity contribution in [1.29, 1.82) is 0 Å². The zero-order valence-corrected chi connectivity index (χ0v) is 15.9. The summed E-state index contributed by atoms with van der Waals surface area (Å²) in [5, 5.41) is 6.03. The third-order valence-electron chi connectivity index (χ3n) is 7.04. The van der Waals surface area contributed by atoms with Gasteiger partial charge in [0, 0.05) is 31.1 Å². The fourth-order valence-corrected chi connectivity index (χ4v) is 6.96. The second kappa shape index (κ2) is 6.41. The van der Waals surface area contributed by atoms with E-state index in [9.17, 15) is 9.59 Å². The average molecular weight is 368 g/mol. The molecule has 0 aromatic rings. The van der Waals surface area contributed by atoms with Crippen molar-refractivity contribution in [3.8, 4) is 0 Å². The van der Waals surface area contributed by atoms with Gasteiger partial charge in [-0.05, 0) is 63.2 Å². The molecule has 5 rings (SSSR count). The summed E-state index contributed by atoms with van der Waals surface area (Å²) < 4.78 is 0. The van der Waals surface area contributed by atoms with Gasteiger partial charge in [0.05, 0.1) is 12.0 Å². The van der Waals surface area contributed by atoms with Crippen LogP contribution in [0.1, 0.15) is 51.4 Å². The molecule has 140 valence electrons. The van der Waals surface area contributed by atoms with Gasteiger partial charge in [0.2, 0.25) is 11.8 Å². The zero-order valence-electron chi connectivity index (χ0n) is 15.2. The van der Waals surface area contributed by atoms with E-state index in [2.05, 4.69) is 15.5 Å². The monoisotopic (exact) mass is 367 g/mol. The smallest absolute Gasteiger partial charge is 0.233 e. The number of piperidine rings is 1. The first-order valence-corrected chi connectivity index (χ1v) is 10.2. The summed E-state index contributed by atoms with van der Waals surface area (Å²) >= 11 is 6.86. The molecule has 2 N–H and O–H groups in total. The molecule has 5 nitrogen and oxygen atoms in total. The van der Waals surface area contributed by atoms with E-state index in [-0.39, 0.29) is 28.1 Å². The van der Waals surface area contributed by atoms with Crippen LogP contribution in [0.5, 0.6) is 0 Å². The van der Waals surface area contributed by atoms with Crippen molar-refractivity contribution in [2.45, 2.75) is 62.3 Å². The normalized spacial score (nSPS) is 40.9. The minimum atomic E-state index is -0.203. The first-order chi connectivity index (χ1) is 11.9. The number of hydrogen-bond donors (Lipinski definition) is 2. The van der Waals surface area contributed by atoms with Gasteiger partial charge in [-0.25, -0.2) is 0 Å². The van der Waals surface area contributed by atoms with Gasteiger partial charge in [-0.3, -0.25) is 14.5 Å². The molecular formula is C19H30ClN3O2. The third kappa shape index (κ3) is 3.42. The van der Waals surface area contributed by atoms with Crippen molar-refractivity contribution in [2.75, 3.05) is 26.7 Å². The molecule has 1 heterocycles. The number of nitrogens with one attached hydrogen (secondary N) is 2. The summed E-state index contributed by atoms with van der Waals surface area (Å²) in [5.41, 5.74) is -0.203. The van der Waals surface area contributed by atoms with Gasteiger partial charge in [-0.2, -0.15) is 0 Å². The fraction of sp³-hybridized carbons (Fsp3) is 0.895. The fourth-order valence-electron chi connectivity index (χ4n) is 6.27. The number of halogens is 1. The van der Waals surface area contributed by atoms with Gasteiger partial charge in [0.25, 0.3) is 0 Å². The van der Waals surface area contributed by atoms with Crippen molar-refractivity contribution in [3.05, 3.63) is 0 Å². The van der Waals surface area contributed by atoms with Gasteiger partial charge in [-0.15, -0.1) is 11.6 Å². The Kier molecular flexibility index (Phi) is 4.52. The Balaban J connectivity index is 1.33. The standard InChI is InChI=1S/C19H30ClN3O2/c1-21-16(24)11-23-4-2-15(3-5-23)22-17(25)18-7-13-6-14(8-18)10-19(20,9-13)12-18/h13-15H,2-12H2,1H3,(H,21,24)(H,22,25)/t13-,14-,18?,19?/m1/s1. The maximum atomic E-state index is 13.2. The van der Waals surface area contributed by atoms with Gasteiger partial charge in [0.1, 0.15) is 0 Å². The predicted molar refractivity (Wildman–Crippen MR) is 97.4 cm³/mol. The van der Waals surface area contributed by atoms with Crippen LogP contribution in [0.3, 0.4) is 0 Å². The van der Waals surface area contributed by atoms with Crippen molar-refractivity contribution in [3.63, 3.8) is 0 Å². The van der Waals surface area contributed by atoms with Gasteiger partial charge in [-0.1, -0.05) is 0 Å². The molecule has 5 aliphatic rings. The van der Waals surface area contributed by atoms with Gasteiger partial charge < -0.3 is 10.6 Å². The molecule has 2 amide bonds. The third-order valence-corrected chi connectivity index (χ3v) is 7.48. The molecule has 0 radical (unpaired) electrons. The molecule has 4 aliphatic carbocycles. The summed E-state index contributed by atoms with van der Waals surface area (Å²) in [6.45, 7) is 2.20. The molecule has 4 bridgehead atoms. The van der Waals surface area contributed by atoms with Crippen LogP contribution in [-0.4, -0.2) is 54.3 Å². The van der Waals surface area contributed by atoms with Crippen LogP contribution in [0, 0.1) is 17.3 Å². The number of amides is 2. The Morgan fingerprint density at radius 3 is 2.32 bits per heavy atom. The Hall–Kier alpha value is -0.810. The number of alkyl halides is 1. The highest BCUT2D eigenvalue weighted by Gasteiger charge is 2.60. The second-order valence-electron chi connectivity index (χ2n) is 9.09. The summed E-state index contributed by atoms with van der Waals surface area (Å²) in [6.07, 6.45) is 8.31. The molecule has 0 aromatic carbocycles. The number of likely N-dealkylation sites (N-methyl/N-ethyl adjacent to an activating group) is 1. The highest BCUT2D eigenvalue weighted by molar-refractivity contribution is 6.24. The minimum Gasteiger partial charge on any atom is -0.358 e. The lowest BCUT2D eigenvalue weighted by Crippen LogP contribution is -2.60.